The molecule has 0 radical (unpaired) electrons. The fraction of sp³-hybridized carbons (Fsp3) is 0.115. The molecule has 2 heteroatoms. The smallest absolute Gasteiger partial charge is 0.228 e. The van der Waals surface area contributed by atoms with E-state index in [-0.39, 0.29) is 0 Å². The van der Waals surface area contributed by atoms with Gasteiger partial charge in [0.1, 0.15) is 18.5 Å². The molecule has 0 atom stereocenters. The van der Waals surface area contributed by atoms with Crippen molar-refractivity contribution in [3.63, 3.8) is 0 Å². The Hall–Kier alpha value is -3.39. The first-order valence-corrected chi connectivity index (χ1v) is 9.69. The maximum absolute atomic E-state index is 6.65. The SMILES string of the molecule is Cc1c2c(cc3ccccc13)Oc1c3cccc(C)c3cc3cc[n+](C)c-2c13. The lowest BCUT2D eigenvalue weighted by atomic mass is 9.90. The van der Waals surface area contributed by atoms with Crippen molar-refractivity contribution in [2.75, 3.05) is 0 Å². The van der Waals surface area contributed by atoms with Crippen LogP contribution < -0.4 is 9.30 Å². The fourth-order valence-electron chi connectivity index (χ4n) is 4.77. The van der Waals surface area contributed by atoms with Gasteiger partial charge in [-0.15, -0.1) is 0 Å². The first-order valence-electron chi connectivity index (χ1n) is 9.69. The topological polar surface area (TPSA) is 13.1 Å². The molecule has 5 aromatic rings. The van der Waals surface area contributed by atoms with Gasteiger partial charge in [-0.05, 0) is 58.7 Å². The monoisotopic (exact) mass is 362 g/mol. The molecule has 0 fully saturated rings. The van der Waals surface area contributed by atoms with Gasteiger partial charge in [0.2, 0.25) is 5.69 Å². The number of ether oxygens (including phenoxy) is 1. The van der Waals surface area contributed by atoms with Crippen LogP contribution in [-0.4, -0.2) is 0 Å². The highest BCUT2D eigenvalue weighted by molar-refractivity contribution is 6.13. The van der Waals surface area contributed by atoms with Crippen LogP contribution in [0.4, 0.5) is 0 Å². The first-order chi connectivity index (χ1) is 13.6. The molecule has 0 saturated carbocycles. The van der Waals surface area contributed by atoms with Crippen LogP contribution in [0.1, 0.15) is 11.1 Å². The molecule has 0 bridgehead atoms. The van der Waals surface area contributed by atoms with Crippen molar-refractivity contribution >= 4 is 32.3 Å². The minimum atomic E-state index is 0.945. The summed E-state index contributed by atoms with van der Waals surface area (Å²) in [7, 11) is 2.13. The molecule has 1 aliphatic rings. The summed E-state index contributed by atoms with van der Waals surface area (Å²) >= 11 is 0. The van der Waals surface area contributed by atoms with Crippen LogP contribution in [0.25, 0.3) is 43.6 Å². The highest BCUT2D eigenvalue weighted by Crippen LogP contribution is 2.50. The molecule has 0 unspecified atom stereocenters. The molecule has 0 spiro atoms. The van der Waals surface area contributed by atoms with Gasteiger partial charge in [-0.1, -0.05) is 42.5 Å². The molecule has 4 aromatic carbocycles. The second-order valence-corrected chi connectivity index (χ2v) is 7.81. The molecule has 134 valence electrons. The Bertz CT molecular complexity index is 1460. The zero-order chi connectivity index (χ0) is 19.0. The normalized spacial score (nSPS) is 12.4. The van der Waals surface area contributed by atoms with Gasteiger partial charge in [0.15, 0.2) is 6.20 Å². The molecule has 1 aromatic heterocycles. The molecule has 6 rings (SSSR count). The van der Waals surface area contributed by atoms with E-state index >= 15 is 0 Å². The van der Waals surface area contributed by atoms with Gasteiger partial charge in [0.05, 0.1) is 10.9 Å². The Kier molecular flexibility index (Phi) is 2.98. The molecule has 2 nitrogen and oxygen atoms in total. The van der Waals surface area contributed by atoms with Gasteiger partial charge in [0, 0.05) is 11.5 Å². The third-order valence-electron chi connectivity index (χ3n) is 6.17. The van der Waals surface area contributed by atoms with Crippen molar-refractivity contribution in [3.05, 3.63) is 78.0 Å². The number of aromatic nitrogens is 1. The van der Waals surface area contributed by atoms with E-state index in [2.05, 4.69) is 92.3 Å². The summed E-state index contributed by atoms with van der Waals surface area (Å²) < 4.78 is 8.88. The predicted octanol–water partition coefficient (Wildman–Crippen LogP) is 6.36. The Morgan fingerprint density at radius 2 is 1.61 bits per heavy atom. The lowest BCUT2D eigenvalue weighted by molar-refractivity contribution is -0.659. The Balaban J connectivity index is 1.87. The Morgan fingerprint density at radius 3 is 2.50 bits per heavy atom. The molecular formula is C26H20NO+. The van der Waals surface area contributed by atoms with Crippen LogP contribution in [0.15, 0.2) is 66.9 Å². The minimum Gasteiger partial charge on any atom is -0.455 e. The van der Waals surface area contributed by atoms with E-state index in [9.17, 15) is 0 Å². The van der Waals surface area contributed by atoms with Gasteiger partial charge in [-0.2, -0.15) is 0 Å². The van der Waals surface area contributed by atoms with E-state index in [1.807, 2.05) is 0 Å². The summed E-state index contributed by atoms with van der Waals surface area (Å²) in [5.74, 6) is 1.92. The number of aryl methyl sites for hydroxylation is 3. The van der Waals surface area contributed by atoms with E-state index in [1.54, 1.807) is 0 Å². The Morgan fingerprint density at radius 1 is 0.786 bits per heavy atom. The quantitative estimate of drug-likeness (QED) is 0.226. The molecule has 28 heavy (non-hydrogen) atoms. The number of hydrogen-bond donors (Lipinski definition) is 0. The summed E-state index contributed by atoms with van der Waals surface area (Å²) in [6, 6.07) is 21.7. The van der Waals surface area contributed by atoms with Crippen LogP contribution in [0.3, 0.4) is 0 Å². The predicted molar refractivity (Wildman–Crippen MR) is 115 cm³/mol. The molecule has 0 aliphatic carbocycles. The van der Waals surface area contributed by atoms with E-state index < -0.39 is 0 Å². The van der Waals surface area contributed by atoms with Gasteiger partial charge < -0.3 is 4.74 Å². The van der Waals surface area contributed by atoms with Crippen molar-refractivity contribution in [2.24, 2.45) is 7.05 Å². The van der Waals surface area contributed by atoms with E-state index in [0.29, 0.717) is 0 Å². The summed E-state index contributed by atoms with van der Waals surface area (Å²) in [6.07, 6.45) is 2.16. The van der Waals surface area contributed by atoms with Crippen molar-refractivity contribution in [2.45, 2.75) is 13.8 Å². The third kappa shape index (κ3) is 1.90. The number of nitrogens with zero attached hydrogens (tertiary/aromatic N) is 1. The zero-order valence-electron chi connectivity index (χ0n) is 16.2. The van der Waals surface area contributed by atoms with Crippen molar-refractivity contribution < 1.29 is 9.30 Å². The van der Waals surface area contributed by atoms with Crippen LogP contribution in [0.5, 0.6) is 11.5 Å². The second kappa shape index (κ2) is 5.32. The summed E-state index contributed by atoms with van der Waals surface area (Å²) in [6.45, 7) is 4.37. The van der Waals surface area contributed by atoms with Gasteiger partial charge in [-0.25, -0.2) is 4.57 Å². The maximum atomic E-state index is 6.65. The van der Waals surface area contributed by atoms with Crippen molar-refractivity contribution in [3.8, 4) is 22.8 Å². The molecule has 2 heterocycles. The fourth-order valence-corrected chi connectivity index (χ4v) is 4.77. The lowest BCUT2D eigenvalue weighted by Crippen LogP contribution is -2.31. The molecule has 0 amide bonds. The maximum Gasteiger partial charge on any atom is 0.228 e. The zero-order valence-corrected chi connectivity index (χ0v) is 16.2. The summed E-state index contributed by atoms with van der Waals surface area (Å²) in [5.41, 5.74) is 4.98. The highest BCUT2D eigenvalue weighted by atomic mass is 16.5. The number of rotatable bonds is 0. The number of fused-ring (bicyclic) bond motifs is 5. The lowest BCUT2D eigenvalue weighted by Gasteiger charge is -2.23. The van der Waals surface area contributed by atoms with Crippen LogP contribution in [0, 0.1) is 13.8 Å². The highest BCUT2D eigenvalue weighted by Gasteiger charge is 2.31. The minimum absolute atomic E-state index is 0.945. The molecule has 0 saturated heterocycles. The van der Waals surface area contributed by atoms with Gasteiger partial charge in [-0.3, -0.25) is 0 Å². The summed E-state index contributed by atoms with van der Waals surface area (Å²) in [4.78, 5) is 0. The largest absolute Gasteiger partial charge is 0.455 e. The molecule has 0 N–H and O–H groups in total. The third-order valence-corrected chi connectivity index (χ3v) is 6.17. The second-order valence-electron chi connectivity index (χ2n) is 7.81. The average Bonchev–Trinajstić information content (AvgIpc) is 2.71. The van der Waals surface area contributed by atoms with E-state index in [1.165, 1.54) is 54.7 Å². The van der Waals surface area contributed by atoms with Crippen molar-refractivity contribution in [1.82, 2.24) is 0 Å². The number of hydrogen-bond acceptors (Lipinski definition) is 1. The van der Waals surface area contributed by atoms with E-state index in [0.717, 1.165) is 11.5 Å². The number of benzene rings is 4. The van der Waals surface area contributed by atoms with Crippen LogP contribution in [0.2, 0.25) is 0 Å². The van der Waals surface area contributed by atoms with E-state index in [4.69, 9.17) is 4.74 Å². The molecular weight excluding hydrogens is 342 g/mol. The van der Waals surface area contributed by atoms with Crippen LogP contribution in [-0.2, 0) is 7.05 Å². The molecule has 1 aliphatic heterocycles. The first kappa shape index (κ1) is 15.6. The average molecular weight is 362 g/mol. The van der Waals surface area contributed by atoms with Gasteiger partial charge in [0.25, 0.3) is 0 Å². The van der Waals surface area contributed by atoms with Crippen molar-refractivity contribution in [1.29, 1.82) is 0 Å². The standard InChI is InChI=1S/C26H20NO/c1-15-7-6-10-20-21(15)13-18-11-12-27(3)25-23-16(2)19-9-5-4-8-17(19)14-22(23)28-26(20)24(18)25/h4-14H,1-3H3/q+1. The summed E-state index contributed by atoms with van der Waals surface area (Å²) in [5, 5.41) is 7.36. The Labute approximate surface area is 163 Å². The van der Waals surface area contributed by atoms with Gasteiger partial charge >= 0.3 is 0 Å². The number of pyridine rings is 1. The van der Waals surface area contributed by atoms with Crippen LogP contribution >= 0.6 is 0 Å².